The van der Waals surface area contributed by atoms with Crippen LogP contribution in [-0.2, 0) is 9.53 Å². The highest BCUT2D eigenvalue weighted by Gasteiger charge is 2.29. The van der Waals surface area contributed by atoms with Gasteiger partial charge in [-0.25, -0.2) is 0 Å². The molecule has 4 nitrogen and oxygen atoms in total. The van der Waals surface area contributed by atoms with Gasteiger partial charge in [-0.05, 0) is 6.42 Å². The summed E-state index contributed by atoms with van der Waals surface area (Å²) in [6, 6.07) is -0.0726. The number of rotatable bonds is 3. The molecule has 7 heteroatoms. The predicted molar refractivity (Wildman–Crippen MR) is 46.0 cm³/mol. The topological polar surface area (TPSA) is 55.6 Å². The molecule has 0 bridgehead atoms. The van der Waals surface area contributed by atoms with E-state index in [1.54, 1.807) is 0 Å². The van der Waals surface area contributed by atoms with Gasteiger partial charge >= 0.3 is 6.18 Å². The second kappa shape index (κ2) is 4.80. The van der Waals surface area contributed by atoms with Crippen LogP contribution in [0.4, 0.5) is 13.2 Å². The van der Waals surface area contributed by atoms with Gasteiger partial charge in [-0.2, -0.15) is 13.2 Å². The number of nitrogens with zero attached hydrogens (tertiary/aromatic N) is 1. The second-order valence-electron chi connectivity index (χ2n) is 3.50. The fourth-order valence-electron chi connectivity index (χ4n) is 1.36. The van der Waals surface area contributed by atoms with E-state index >= 15 is 0 Å². The summed E-state index contributed by atoms with van der Waals surface area (Å²) in [6.07, 6.45) is -3.70. The smallest absolute Gasteiger partial charge is 0.362 e. The Morgan fingerprint density at radius 1 is 1.53 bits per heavy atom. The largest absolute Gasteiger partial charge is 0.411 e. The van der Waals surface area contributed by atoms with E-state index in [-0.39, 0.29) is 6.04 Å². The minimum absolute atomic E-state index is 0.0726. The standard InChI is InChI=1S/C8H13F3N2O2/c9-8(10,11)5-15-4-7(14)13-2-1-6(12)3-13/h6H,1-5,12H2. The van der Waals surface area contributed by atoms with Crippen LogP contribution in [0.2, 0.25) is 0 Å². The van der Waals surface area contributed by atoms with Crippen LogP contribution < -0.4 is 5.73 Å². The Labute approximate surface area is 85.2 Å². The van der Waals surface area contributed by atoms with Crippen LogP contribution in [0.15, 0.2) is 0 Å². The van der Waals surface area contributed by atoms with Crippen molar-refractivity contribution in [1.29, 1.82) is 0 Å². The van der Waals surface area contributed by atoms with Gasteiger partial charge in [-0.15, -0.1) is 0 Å². The highest BCUT2D eigenvalue weighted by atomic mass is 19.4. The molecule has 0 saturated carbocycles. The van der Waals surface area contributed by atoms with Crippen LogP contribution in [0, 0.1) is 0 Å². The molecule has 0 spiro atoms. The van der Waals surface area contributed by atoms with Crippen molar-refractivity contribution in [3.05, 3.63) is 0 Å². The molecule has 1 heterocycles. The van der Waals surface area contributed by atoms with E-state index in [4.69, 9.17) is 5.73 Å². The molecule has 2 N–H and O–H groups in total. The zero-order valence-corrected chi connectivity index (χ0v) is 8.09. The number of alkyl halides is 3. The molecule has 1 aliphatic rings. The van der Waals surface area contributed by atoms with E-state index in [1.165, 1.54) is 4.90 Å². The molecule has 0 aromatic carbocycles. The molecule has 1 rings (SSSR count). The predicted octanol–water partition coefficient (Wildman–Crippen LogP) is 0.125. The van der Waals surface area contributed by atoms with Crippen molar-refractivity contribution in [1.82, 2.24) is 4.90 Å². The second-order valence-corrected chi connectivity index (χ2v) is 3.50. The Bertz CT molecular complexity index is 232. The molecule has 0 radical (unpaired) electrons. The quantitative estimate of drug-likeness (QED) is 0.744. The lowest BCUT2D eigenvalue weighted by atomic mass is 10.3. The Hall–Kier alpha value is -0.820. The lowest BCUT2D eigenvalue weighted by Crippen LogP contribution is -2.35. The van der Waals surface area contributed by atoms with Crippen molar-refractivity contribution in [2.45, 2.75) is 18.6 Å². The normalized spacial score (nSPS) is 22.1. The minimum Gasteiger partial charge on any atom is -0.362 e. The zero-order valence-electron chi connectivity index (χ0n) is 8.09. The maximum absolute atomic E-state index is 11.7. The summed E-state index contributed by atoms with van der Waals surface area (Å²) in [5, 5.41) is 0. The third-order valence-electron chi connectivity index (χ3n) is 2.07. The maximum Gasteiger partial charge on any atom is 0.411 e. The first-order valence-corrected chi connectivity index (χ1v) is 4.56. The van der Waals surface area contributed by atoms with E-state index in [1.807, 2.05) is 0 Å². The number of carbonyl (C=O) groups excluding carboxylic acids is 1. The van der Waals surface area contributed by atoms with Gasteiger partial charge in [0.1, 0.15) is 13.2 Å². The number of hydrogen-bond acceptors (Lipinski definition) is 3. The lowest BCUT2D eigenvalue weighted by Gasteiger charge is -2.16. The molecule has 1 amide bonds. The van der Waals surface area contributed by atoms with Crippen LogP contribution in [-0.4, -0.2) is 49.3 Å². The summed E-state index contributed by atoms with van der Waals surface area (Å²) in [6.45, 7) is -1.03. The summed E-state index contributed by atoms with van der Waals surface area (Å²) in [4.78, 5) is 12.7. The maximum atomic E-state index is 11.7. The zero-order chi connectivity index (χ0) is 11.5. The van der Waals surface area contributed by atoms with Gasteiger partial charge in [-0.3, -0.25) is 4.79 Å². The van der Waals surface area contributed by atoms with Crippen LogP contribution in [0.3, 0.4) is 0 Å². The third kappa shape index (κ3) is 4.48. The van der Waals surface area contributed by atoms with E-state index < -0.39 is 25.3 Å². The molecule has 1 atom stereocenters. The van der Waals surface area contributed by atoms with Crippen molar-refractivity contribution >= 4 is 5.91 Å². The highest BCUT2D eigenvalue weighted by molar-refractivity contribution is 5.77. The van der Waals surface area contributed by atoms with Crippen LogP contribution in [0.5, 0.6) is 0 Å². The molecule has 15 heavy (non-hydrogen) atoms. The number of nitrogens with two attached hydrogens (primary N) is 1. The van der Waals surface area contributed by atoms with Crippen molar-refractivity contribution in [3.8, 4) is 0 Å². The molecule has 1 fully saturated rings. The number of ether oxygens (including phenoxy) is 1. The number of hydrogen-bond donors (Lipinski definition) is 1. The summed E-state index contributed by atoms with van der Waals surface area (Å²) >= 11 is 0. The van der Waals surface area contributed by atoms with Crippen LogP contribution in [0.1, 0.15) is 6.42 Å². The molecule has 0 aromatic heterocycles. The first-order valence-electron chi connectivity index (χ1n) is 4.56. The minimum atomic E-state index is -4.39. The molecule has 88 valence electrons. The summed E-state index contributed by atoms with van der Waals surface area (Å²) in [5.41, 5.74) is 5.55. The van der Waals surface area contributed by atoms with Gasteiger partial charge in [-0.1, -0.05) is 0 Å². The average Bonchev–Trinajstić information content (AvgIpc) is 2.49. The van der Waals surface area contributed by atoms with Gasteiger partial charge in [0.15, 0.2) is 0 Å². The summed E-state index contributed by atoms with van der Waals surface area (Å²) in [5.74, 6) is -0.438. The van der Waals surface area contributed by atoms with Crippen LogP contribution in [0.25, 0.3) is 0 Å². The third-order valence-corrected chi connectivity index (χ3v) is 2.07. The first kappa shape index (κ1) is 12.3. The fraction of sp³-hybridized carbons (Fsp3) is 0.875. The van der Waals surface area contributed by atoms with Gasteiger partial charge in [0.05, 0.1) is 0 Å². The number of halogens is 3. The molecular formula is C8H13F3N2O2. The Balaban J connectivity index is 2.19. The van der Waals surface area contributed by atoms with E-state index in [2.05, 4.69) is 4.74 Å². The van der Waals surface area contributed by atoms with Gasteiger partial charge in [0, 0.05) is 19.1 Å². The van der Waals surface area contributed by atoms with Gasteiger partial charge in [0.25, 0.3) is 0 Å². The molecule has 1 aliphatic heterocycles. The Kier molecular flexibility index (Phi) is 3.92. The highest BCUT2D eigenvalue weighted by Crippen LogP contribution is 2.14. The lowest BCUT2D eigenvalue weighted by molar-refractivity contribution is -0.177. The average molecular weight is 226 g/mol. The monoisotopic (exact) mass is 226 g/mol. The molecule has 0 aliphatic carbocycles. The van der Waals surface area contributed by atoms with Crippen molar-refractivity contribution < 1.29 is 22.7 Å². The molecule has 1 saturated heterocycles. The Morgan fingerprint density at radius 3 is 2.67 bits per heavy atom. The van der Waals surface area contributed by atoms with Crippen molar-refractivity contribution in [2.24, 2.45) is 5.73 Å². The van der Waals surface area contributed by atoms with Crippen LogP contribution >= 0.6 is 0 Å². The Morgan fingerprint density at radius 2 is 2.20 bits per heavy atom. The number of likely N-dealkylation sites (tertiary alicyclic amines) is 1. The van der Waals surface area contributed by atoms with Crippen molar-refractivity contribution in [2.75, 3.05) is 26.3 Å². The van der Waals surface area contributed by atoms with Gasteiger partial charge in [0.2, 0.25) is 5.91 Å². The fourth-order valence-corrected chi connectivity index (χ4v) is 1.36. The number of amides is 1. The van der Waals surface area contributed by atoms with E-state index in [0.29, 0.717) is 19.5 Å². The molecule has 0 aromatic rings. The van der Waals surface area contributed by atoms with Crippen molar-refractivity contribution in [3.63, 3.8) is 0 Å². The summed E-state index contributed by atoms with van der Waals surface area (Å²) < 4.78 is 39.3. The van der Waals surface area contributed by atoms with E-state index in [9.17, 15) is 18.0 Å². The SMILES string of the molecule is NC1CCN(C(=O)COCC(F)(F)F)C1. The first-order chi connectivity index (χ1) is 6.88. The van der Waals surface area contributed by atoms with E-state index in [0.717, 1.165) is 0 Å². The molecule has 1 unspecified atom stereocenters. The molecular weight excluding hydrogens is 213 g/mol. The van der Waals surface area contributed by atoms with Gasteiger partial charge < -0.3 is 15.4 Å². The summed E-state index contributed by atoms with van der Waals surface area (Å²) in [7, 11) is 0. The number of carbonyl (C=O) groups is 1.